The number of esters is 1. The minimum Gasteiger partial charge on any atom is -0.496 e. The van der Waals surface area contributed by atoms with Gasteiger partial charge in [0.2, 0.25) is 10.0 Å². The number of hydrogen-bond donors (Lipinski definition) is 1. The average Bonchev–Trinajstić information content (AvgIpc) is 2.86. The highest BCUT2D eigenvalue weighted by molar-refractivity contribution is 7.88. The van der Waals surface area contributed by atoms with Crippen LogP contribution < -0.4 is 14.6 Å². The number of primary sulfonamides is 1. The topological polar surface area (TPSA) is 105 Å². The summed E-state index contributed by atoms with van der Waals surface area (Å²) in [5, 5.41) is 5.31. The summed E-state index contributed by atoms with van der Waals surface area (Å²) in [6.45, 7) is 3.80. The van der Waals surface area contributed by atoms with E-state index in [1.165, 1.54) is 7.11 Å². The Morgan fingerprint density at radius 1 is 1.03 bits per heavy atom. The van der Waals surface area contributed by atoms with Gasteiger partial charge in [-0.3, -0.25) is 4.79 Å². The van der Waals surface area contributed by atoms with Crippen molar-refractivity contribution < 1.29 is 27.4 Å². The van der Waals surface area contributed by atoms with E-state index in [2.05, 4.69) is 12.1 Å². The molecule has 8 heteroatoms. The molecule has 1 aliphatic heterocycles. The molecule has 1 atom stereocenters. The van der Waals surface area contributed by atoms with Crippen LogP contribution in [0, 0.1) is 5.41 Å². The van der Waals surface area contributed by atoms with Crippen LogP contribution in [-0.2, 0) is 31.7 Å². The number of methoxy groups -OCH3 is 2. The summed E-state index contributed by atoms with van der Waals surface area (Å²) < 4.78 is 40.5. The monoisotopic (exact) mass is 523 g/mol. The normalized spacial score (nSPS) is 14.8. The third-order valence-corrected chi connectivity index (χ3v) is 7.51. The number of nitrogens with two attached hydrogens (primary N) is 1. The van der Waals surface area contributed by atoms with Gasteiger partial charge in [-0.05, 0) is 67.5 Å². The molecule has 3 aromatic carbocycles. The largest absolute Gasteiger partial charge is 0.496 e. The fourth-order valence-electron chi connectivity index (χ4n) is 4.83. The third-order valence-electron chi connectivity index (χ3n) is 6.78. The lowest BCUT2D eigenvalue weighted by Gasteiger charge is -2.30. The van der Waals surface area contributed by atoms with Crippen molar-refractivity contribution in [1.29, 1.82) is 0 Å². The van der Waals surface area contributed by atoms with Gasteiger partial charge in [0.05, 0.1) is 31.0 Å². The summed E-state index contributed by atoms with van der Waals surface area (Å²) in [7, 11) is -0.656. The van der Waals surface area contributed by atoms with E-state index in [4.69, 9.17) is 19.3 Å². The minimum absolute atomic E-state index is 0.199. The van der Waals surface area contributed by atoms with Crippen molar-refractivity contribution in [2.24, 2.45) is 10.6 Å². The molecule has 1 aliphatic rings. The van der Waals surface area contributed by atoms with Crippen molar-refractivity contribution in [1.82, 2.24) is 0 Å². The molecular formula is C29H33NO6S. The molecule has 37 heavy (non-hydrogen) atoms. The van der Waals surface area contributed by atoms with E-state index in [-0.39, 0.29) is 11.7 Å². The molecule has 1 unspecified atom stereocenters. The molecule has 0 fully saturated rings. The van der Waals surface area contributed by atoms with Gasteiger partial charge in [0.1, 0.15) is 17.6 Å². The fraction of sp³-hybridized carbons (Fsp3) is 0.345. The third kappa shape index (κ3) is 5.97. The number of aryl methyl sites for hydroxylation is 1. The summed E-state index contributed by atoms with van der Waals surface area (Å²) in [4.78, 5) is 11.9. The molecule has 0 spiro atoms. The van der Waals surface area contributed by atoms with E-state index in [1.54, 1.807) is 13.2 Å². The van der Waals surface area contributed by atoms with Gasteiger partial charge in [0, 0.05) is 5.56 Å². The van der Waals surface area contributed by atoms with Gasteiger partial charge < -0.3 is 14.2 Å². The number of sulfonamides is 1. The van der Waals surface area contributed by atoms with Crippen LogP contribution >= 0.6 is 0 Å². The van der Waals surface area contributed by atoms with Gasteiger partial charge >= 0.3 is 5.97 Å². The molecule has 0 radical (unpaired) electrons. The van der Waals surface area contributed by atoms with Crippen LogP contribution in [0.5, 0.6) is 11.5 Å². The lowest BCUT2D eigenvalue weighted by molar-refractivity contribution is -0.151. The number of rotatable bonds is 9. The average molecular weight is 524 g/mol. The quantitative estimate of drug-likeness (QED) is 0.389. The standard InChI is InChI=1S/C29H33NO6S/c1-29(2,28(31)35-4)16-6-7-19-10-13-21(14-11-19)27-23-17-20(18-37(30,32)33)12-15-22(23)26-24(34-3)8-5-9-25(26)36-27/h5,8-15,17,27H,6-7,16,18H2,1-4H3,(H2,30,32,33). The lowest BCUT2D eigenvalue weighted by Crippen LogP contribution is -2.25. The number of fused-ring (bicyclic) bond motifs is 3. The first-order chi connectivity index (χ1) is 17.5. The first kappa shape index (κ1) is 26.7. The second-order valence-corrected chi connectivity index (χ2v) is 11.6. The molecule has 196 valence electrons. The van der Waals surface area contributed by atoms with Crippen molar-refractivity contribution in [2.45, 2.75) is 45.0 Å². The van der Waals surface area contributed by atoms with Gasteiger partial charge in [-0.25, -0.2) is 13.6 Å². The van der Waals surface area contributed by atoms with Crippen LogP contribution in [-0.4, -0.2) is 28.6 Å². The van der Waals surface area contributed by atoms with Crippen molar-refractivity contribution in [3.05, 3.63) is 82.9 Å². The van der Waals surface area contributed by atoms with Gasteiger partial charge in [-0.15, -0.1) is 0 Å². The second kappa shape index (κ2) is 10.6. The van der Waals surface area contributed by atoms with E-state index in [0.717, 1.165) is 47.1 Å². The highest BCUT2D eigenvalue weighted by atomic mass is 32.2. The second-order valence-electron chi connectivity index (χ2n) is 10.0. The molecule has 0 aliphatic carbocycles. The highest BCUT2D eigenvalue weighted by Gasteiger charge is 2.31. The zero-order valence-electron chi connectivity index (χ0n) is 21.6. The summed E-state index contributed by atoms with van der Waals surface area (Å²) in [6, 6.07) is 19.4. The first-order valence-electron chi connectivity index (χ1n) is 12.2. The smallest absolute Gasteiger partial charge is 0.311 e. The Morgan fingerprint density at radius 2 is 1.73 bits per heavy atom. The van der Waals surface area contributed by atoms with E-state index in [1.807, 2.05) is 56.3 Å². The van der Waals surface area contributed by atoms with Crippen LogP contribution in [0.1, 0.15) is 55.0 Å². The Kier molecular flexibility index (Phi) is 7.62. The zero-order chi connectivity index (χ0) is 26.8. The lowest BCUT2D eigenvalue weighted by atomic mass is 9.86. The van der Waals surface area contributed by atoms with E-state index in [0.29, 0.717) is 17.1 Å². The number of carbonyl (C=O) groups excluding carboxylic acids is 1. The first-order valence-corrected chi connectivity index (χ1v) is 13.9. The van der Waals surface area contributed by atoms with Crippen LogP contribution in [0.3, 0.4) is 0 Å². The van der Waals surface area contributed by atoms with Gasteiger partial charge in [-0.1, -0.05) is 48.5 Å². The van der Waals surface area contributed by atoms with Crippen molar-refractivity contribution in [2.75, 3.05) is 14.2 Å². The maximum Gasteiger partial charge on any atom is 0.311 e. The SMILES string of the molecule is COC(=O)C(C)(C)CCCc1ccc(C2Oc3cccc(OC)c3-c3ccc(CS(N)(=O)=O)cc32)cc1. The van der Waals surface area contributed by atoms with Crippen LogP contribution in [0.4, 0.5) is 0 Å². The van der Waals surface area contributed by atoms with Crippen molar-refractivity contribution in [3.8, 4) is 22.6 Å². The van der Waals surface area contributed by atoms with E-state index >= 15 is 0 Å². The molecule has 0 amide bonds. The molecule has 0 aromatic heterocycles. The van der Waals surface area contributed by atoms with Crippen LogP contribution in [0.15, 0.2) is 60.7 Å². The summed E-state index contributed by atoms with van der Waals surface area (Å²) in [5.74, 6) is 0.925. The Labute approximate surface area is 218 Å². The molecule has 2 N–H and O–H groups in total. The van der Waals surface area contributed by atoms with Crippen LogP contribution in [0.25, 0.3) is 11.1 Å². The zero-order valence-corrected chi connectivity index (χ0v) is 22.4. The highest BCUT2D eigenvalue weighted by Crippen LogP contribution is 2.49. The molecule has 0 bridgehead atoms. The Morgan fingerprint density at radius 3 is 2.38 bits per heavy atom. The summed E-state index contributed by atoms with van der Waals surface area (Å²) in [6.07, 6.45) is 1.99. The maximum atomic E-state index is 11.9. The molecule has 0 saturated heterocycles. The molecule has 4 rings (SSSR count). The predicted molar refractivity (Wildman–Crippen MR) is 143 cm³/mol. The molecular weight excluding hydrogens is 490 g/mol. The number of benzene rings is 3. The Hall–Kier alpha value is -3.36. The molecule has 0 saturated carbocycles. The fourth-order valence-corrected chi connectivity index (χ4v) is 5.48. The van der Waals surface area contributed by atoms with Gasteiger partial charge in [0.25, 0.3) is 0 Å². The minimum atomic E-state index is -3.69. The Bertz CT molecular complexity index is 1400. The summed E-state index contributed by atoms with van der Waals surface area (Å²) >= 11 is 0. The van der Waals surface area contributed by atoms with Gasteiger partial charge in [-0.2, -0.15) is 0 Å². The number of carbonyl (C=O) groups is 1. The Balaban J connectivity index is 1.63. The summed E-state index contributed by atoms with van der Waals surface area (Å²) in [5.41, 5.74) is 4.80. The number of ether oxygens (including phenoxy) is 3. The van der Waals surface area contributed by atoms with E-state index < -0.39 is 21.5 Å². The molecule has 7 nitrogen and oxygen atoms in total. The number of hydrogen-bond acceptors (Lipinski definition) is 6. The molecule has 1 heterocycles. The maximum absolute atomic E-state index is 11.9. The van der Waals surface area contributed by atoms with Crippen molar-refractivity contribution in [3.63, 3.8) is 0 Å². The van der Waals surface area contributed by atoms with E-state index in [9.17, 15) is 13.2 Å². The molecule has 3 aromatic rings. The van der Waals surface area contributed by atoms with Gasteiger partial charge in [0.15, 0.2) is 0 Å². The van der Waals surface area contributed by atoms with Crippen LogP contribution in [0.2, 0.25) is 0 Å². The predicted octanol–water partition coefficient (Wildman–Crippen LogP) is 5.15. The van der Waals surface area contributed by atoms with Crippen molar-refractivity contribution >= 4 is 16.0 Å².